The maximum atomic E-state index is 13.1. The molecule has 1 aromatic heterocycles. The minimum atomic E-state index is 0.0747. The maximum absolute atomic E-state index is 13.1. The third kappa shape index (κ3) is 4.28. The fourth-order valence-corrected chi connectivity index (χ4v) is 3.72. The molecular formula is C26H27N3O. The van der Waals surface area contributed by atoms with E-state index in [-0.39, 0.29) is 12.5 Å². The highest BCUT2D eigenvalue weighted by Gasteiger charge is 2.17. The number of likely N-dealkylation sites (N-methyl/N-ethyl adjacent to an activating group) is 1. The van der Waals surface area contributed by atoms with Crippen LogP contribution in [0.2, 0.25) is 0 Å². The fraction of sp³-hybridized carbons (Fsp3) is 0.231. The minimum Gasteiger partial charge on any atom is -0.340 e. The molecule has 0 atom stereocenters. The summed E-state index contributed by atoms with van der Waals surface area (Å²) >= 11 is 0. The van der Waals surface area contributed by atoms with Crippen LogP contribution in [0.25, 0.3) is 11.0 Å². The molecule has 0 N–H and O–H groups in total. The molecule has 0 spiro atoms. The first kappa shape index (κ1) is 19.9. The zero-order valence-corrected chi connectivity index (χ0v) is 17.8. The van der Waals surface area contributed by atoms with Crippen LogP contribution in [0, 0.1) is 13.8 Å². The third-order valence-electron chi connectivity index (χ3n) is 5.63. The highest BCUT2D eigenvalue weighted by molar-refractivity contribution is 5.82. The summed E-state index contributed by atoms with van der Waals surface area (Å²) in [4.78, 5) is 19.8. The number of carbonyl (C=O) groups excluding carboxylic acids is 1. The van der Waals surface area contributed by atoms with Gasteiger partial charge in [-0.2, -0.15) is 0 Å². The number of nitrogens with zero attached hydrogens (tertiary/aromatic N) is 3. The molecule has 0 saturated heterocycles. The molecule has 0 unspecified atom stereocenters. The van der Waals surface area contributed by atoms with E-state index in [4.69, 9.17) is 4.98 Å². The summed E-state index contributed by atoms with van der Waals surface area (Å²) in [6.45, 7) is 5.08. The van der Waals surface area contributed by atoms with Crippen LogP contribution < -0.4 is 0 Å². The molecular weight excluding hydrogens is 370 g/mol. The summed E-state index contributed by atoms with van der Waals surface area (Å²) in [5.74, 6) is 0.994. The van der Waals surface area contributed by atoms with Crippen LogP contribution in [-0.2, 0) is 24.3 Å². The molecule has 30 heavy (non-hydrogen) atoms. The third-order valence-corrected chi connectivity index (χ3v) is 5.63. The molecule has 4 heteroatoms. The summed E-state index contributed by atoms with van der Waals surface area (Å²) in [5, 5.41) is 0. The van der Waals surface area contributed by atoms with Gasteiger partial charge < -0.3 is 9.47 Å². The van der Waals surface area contributed by atoms with Gasteiger partial charge in [-0.25, -0.2) is 4.98 Å². The molecule has 0 saturated carbocycles. The molecule has 0 aliphatic rings. The number of aryl methyl sites for hydroxylation is 2. The van der Waals surface area contributed by atoms with Crippen molar-refractivity contribution in [3.8, 4) is 0 Å². The van der Waals surface area contributed by atoms with Crippen molar-refractivity contribution in [3.63, 3.8) is 0 Å². The molecule has 4 rings (SSSR count). The van der Waals surface area contributed by atoms with Crippen molar-refractivity contribution in [1.82, 2.24) is 14.5 Å². The van der Waals surface area contributed by atoms with Gasteiger partial charge in [-0.05, 0) is 48.2 Å². The Morgan fingerprint density at radius 2 is 1.50 bits per heavy atom. The van der Waals surface area contributed by atoms with Crippen LogP contribution in [0.4, 0.5) is 0 Å². The average molecular weight is 398 g/mol. The number of carbonyl (C=O) groups is 1. The fourth-order valence-electron chi connectivity index (χ4n) is 3.72. The zero-order valence-electron chi connectivity index (χ0n) is 17.8. The number of aromatic nitrogens is 2. The van der Waals surface area contributed by atoms with Gasteiger partial charge in [0.05, 0.1) is 11.0 Å². The average Bonchev–Trinajstić information content (AvgIpc) is 3.05. The Balaban J connectivity index is 1.66. The highest BCUT2D eigenvalue weighted by Crippen LogP contribution is 2.23. The minimum absolute atomic E-state index is 0.0747. The predicted octanol–water partition coefficient (Wildman–Crippen LogP) is 4.90. The molecule has 0 aliphatic heterocycles. The van der Waals surface area contributed by atoms with Crippen molar-refractivity contribution in [2.24, 2.45) is 0 Å². The van der Waals surface area contributed by atoms with E-state index in [1.54, 1.807) is 4.90 Å². The van der Waals surface area contributed by atoms with E-state index in [0.29, 0.717) is 13.0 Å². The number of amides is 1. The largest absolute Gasteiger partial charge is 0.340 e. The molecule has 0 radical (unpaired) electrons. The van der Waals surface area contributed by atoms with E-state index >= 15 is 0 Å². The first-order valence-corrected chi connectivity index (χ1v) is 10.3. The van der Waals surface area contributed by atoms with Gasteiger partial charge in [0.15, 0.2) is 0 Å². The Morgan fingerprint density at radius 3 is 2.17 bits per heavy atom. The number of hydrogen-bond donors (Lipinski definition) is 0. The Kier molecular flexibility index (Phi) is 5.66. The van der Waals surface area contributed by atoms with Gasteiger partial charge in [0, 0.05) is 20.0 Å². The Bertz CT molecular complexity index is 1160. The van der Waals surface area contributed by atoms with E-state index in [2.05, 4.69) is 42.7 Å². The summed E-state index contributed by atoms with van der Waals surface area (Å²) in [6, 6.07) is 24.6. The van der Waals surface area contributed by atoms with Crippen LogP contribution in [0.5, 0.6) is 0 Å². The lowest BCUT2D eigenvalue weighted by Gasteiger charge is -2.19. The summed E-state index contributed by atoms with van der Waals surface area (Å²) < 4.78 is 2.08. The number of hydrogen-bond acceptors (Lipinski definition) is 2. The molecule has 3 aromatic carbocycles. The van der Waals surface area contributed by atoms with E-state index in [1.165, 1.54) is 16.7 Å². The normalized spacial score (nSPS) is 11.0. The van der Waals surface area contributed by atoms with Gasteiger partial charge in [0.2, 0.25) is 5.91 Å². The van der Waals surface area contributed by atoms with E-state index in [1.807, 2.05) is 55.6 Å². The molecule has 4 nitrogen and oxygen atoms in total. The Morgan fingerprint density at radius 1 is 0.900 bits per heavy atom. The number of fused-ring (bicyclic) bond motifs is 1. The second-order valence-electron chi connectivity index (χ2n) is 7.94. The van der Waals surface area contributed by atoms with E-state index in [9.17, 15) is 4.79 Å². The first-order valence-electron chi connectivity index (χ1n) is 10.3. The molecule has 152 valence electrons. The maximum Gasteiger partial charge on any atom is 0.242 e. The van der Waals surface area contributed by atoms with Crippen LogP contribution in [0.15, 0.2) is 72.8 Å². The number of rotatable bonds is 6. The lowest BCUT2D eigenvalue weighted by molar-refractivity contribution is -0.131. The molecule has 0 aliphatic carbocycles. The second-order valence-corrected chi connectivity index (χ2v) is 7.94. The van der Waals surface area contributed by atoms with Crippen molar-refractivity contribution in [2.45, 2.75) is 33.4 Å². The Hall–Kier alpha value is -3.40. The second kappa shape index (κ2) is 8.54. The standard InChI is InChI=1S/C26H27N3O/c1-19-14-23-24(15-20(19)2)29(25(27-23)16-21-10-6-4-7-11-21)18-26(30)28(3)17-22-12-8-5-9-13-22/h4-15H,16-18H2,1-3H3. The summed E-state index contributed by atoms with van der Waals surface area (Å²) in [7, 11) is 1.86. The molecule has 1 heterocycles. The molecule has 4 aromatic rings. The van der Waals surface area contributed by atoms with Crippen LogP contribution in [0.3, 0.4) is 0 Å². The van der Waals surface area contributed by atoms with E-state index < -0.39 is 0 Å². The van der Waals surface area contributed by atoms with Crippen molar-refractivity contribution in [3.05, 3.63) is 101 Å². The smallest absolute Gasteiger partial charge is 0.242 e. The van der Waals surface area contributed by atoms with Crippen molar-refractivity contribution in [1.29, 1.82) is 0 Å². The van der Waals surface area contributed by atoms with Gasteiger partial charge in [-0.15, -0.1) is 0 Å². The topological polar surface area (TPSA) is 38.1 Å². The van der Waals surface area contributed by atoms with Crippen LogP contribution in [-0.4, -0.2) is 27.4 Å². The molecule has 0 fully saturated rings. The van der Waals surface area contributed by atoms with Gasteiger partial charge >= 0.3 is 0 Å². The quantitative estimate of drug-likeness (QED) is 0.464. The lowest BCUT2D eigenvalue weighted by Crippen LogP contribution is -2.30. The van der Waals surface area contributed by atoms with Gasteiger partial charge in [-0.3, -0.25) is 4.79 Å². The SMILES string of the molecule is Cc1cc2nc(Cc3ccccc3)n(CC(=O)N(C)Cc3ccccc3)c2cc1C. The summed E-state index contributed by atoms with van der Waals surface area (Å²) in [6.07, 6.45) is 0.698. The Labute approximate surface area is 177 Å². The molecule has 1 amide bonds. The highest BCUT2D eigenvalue weighted by atomic mass is 16.2. The molecule has 0 bridgehead atoms. The van der Waals surface area contributed by atoms with Crippen LogP contribution in [0.1, 0.15) is 28.1 Å². The van der Waals surface area contributed by atoms with Gasteiger partial charge in [0.1, 0.15) is 12.4 Å². The van der Waals surface area contributed by atoms with E-state index in [0.717, 1.165) is 22.4 Å². The van der Waals surface area contributed by atoms with Crippen molar-refractivity contribution >= 4 is 16.9 Å². The first-order chi connectivity index (χ1) is 14.5. The van der Waals surface area contributed by atoms with Crippen molar-refractivity contribution in [2.75, 3.05) is 7.05 Å². The van der Waals surface area contributed by atoms with Gasteiger partial charge in [0.25, 0.3) is 0 Å². The van der Waals surface area contributed by atoms with Gasteiger partial charge in [-0.1, -0.05) is 60.7 Å². The lowest BCUT2D eigenvalue weighted by atomic mass is 10.1. The predicted molar refractivity (Wildman–Crippen MR) is 121 cm³/mol. The number of imidazole rings is 1. The monoisotopic (exact) mass is 397 g/mol. The summed E-state index contributed by atoms with van der Waals surface area (Å²) in [5.41, 5.74) is 6.70. The zero-order chi connectivity index (χ0) is 21.1. The van der Waals surface area contributed by atoms with Crippen LogP contribution >= 0.6 is 0 Å². The number of benzene rings is 3. The van der Waals surface area contributed by atoms with Crippen molar-refractivity contribution < 1.29 is 4.79 Å².